The van der Waals surface area contributed by atoms with Crippen molar-refractivity contribution in [1.29, 1.82) is 0 Å². The Morgan fingerprint density at radius 3 is 2.46 bits per heavy atom. The normalized spacial score (nSPS) is 20.4. The van der Waals surface area contributed by atoms with Crippen LogP contribution in [0, 0.1) is 0 Å². The van der Waals surface area contributed by atoms with Gasteiger partial charge in [-0.15, -0.1) is 0 Å². The van der Waals surface area contributed by atoms with E-state index in [1.807, 2.05) is 30.0 Å². The summed E-state index contributed by atoms with van der Waals surface area (Å²) in [5.41, 5.74) is 1.18. The fourth-order valence-electron chi connectivity index (χ4n) is 3.50. The minimum atomic E-state index is -0.330. The van der Waals surface area contributed by atoms with Crippen LogP contribution in [0.25, 0.3) is 0 Å². The standard InChI is InChI=1S/C19H28N2O3/c1-2-21(16-17-6-4-3-5-7-17)18(22)8-11-20-12-9-19(10-13-20)23-14-15-24-19/h3-7H,2,8-16H2,1H3. The number of hydrogen-bond acceptors (Lipinski definition) is 4. The van der Waals surface area contributed by atoms with Crippen LogP contribution < -0.4 is 0 Å². The molecule has 132 valence electrons. The summed E-state index contributed by atoms with van der Waals surface area (Å²) in [4.78, 5) is 16.8. The third-order valence-corrected chi connectivity index (χ3v) is 5.02. The van der Waals surface area contributed by atoms with Crippen LogP contribution in [0.2, 0.25) is 0 Å². The van der Waals surface area contributed by atoms with Gasteiger partial charge in [-0.3, -0.25) is 4.79 Å². The summed E-state index contributed by atoms with van der Waals surface area (Å²) < 4.78 is 11.5. The predicted octanol–water partition coefficient (Wildman–Crippen LogP) is 2.26. The molecule has 1 aromatic carbocycles. The van der Waals surface area contributed by atoms with Gasteiger partial charge in [-0.1, -0.05) is 30.3 Å². The molecule has 1 spiro atoms. The van der Waals surface area contributed by atoms with Crippen molar-refractivity contribution in [2.75, 3.05) is 39.4 Å². The monoisotopic (exact) mass is 332 g/mol. The molecule has 0 saturated carbocycles. The Kier molecular flexibility index (Phi) is 5.87. The molecule has 2 heterocycles. The van der Waals surface area contributed by atoms with Gasteiger partial charge in [0.15, 0.2) is 5.79 Å². The number of hydrogen-bond donors (Lipinski definition) is 0. The van der Waals surface area contributed by atoms with Crippen molar-refractivity contribution in [2.45, 2.75) is 38.5 Å². The minimum absolute atomic E-state index is 0.231. The second-order valence-corrected chi connectivity index (χ2v) is 6.59. The van der Waals surface area contributed by atoms with Gasteiger partial charge >= 0.3 is 0 Å². The Morgan fingerprint density at radius 2 is 1.83 bits per heavy atom. The van der Waals surface area contributed by atoms with E-state index in [1.54, 1.807) is 0 Å². The maximum atomic E-state index is 12.5. The number of nitrogens with zero attached hydrogens (tertiary/aromatic N) is 2. The maximum absolute atomic E-state index is 12.5. The van der Waals surface area contributed by atoms with Gasteiger partial charge in [0.05, 0.1) is 13.2 Å². The van der Waals surface area contributed by atoms with Crippen molar-refractivity contribution in [1.82, 2.24) is 9.80 Å². The molecular formula is C19H28N2O3. The second-order valence-electron chi connectivity index (χ2n) is 6.59. The first-order chi connectivity index (χ1) is 11.7. The lowest BCUT2D eigenvalue weighted by Gasteiger charge is -2.37. The second kappa shape index (κ2) is 8.10. The molecule has 24 heavy (non-hydrogen) atoms. The summed E-state index contributed by atoms with van der Waals surface area (Å²) in [6, 6.07) is 10.2. The molecule has 2 saturated heterocycles. The third-order valence-electron chi connectivity index (χ3n) is 5.02. The van der Waals surface area contributed by atoms with E-state index in [9.17, 15) is 4.79 Å². The van der Waals surface area contributed by atoms with E-state index >= 15 is 0 Å². The number of carbonyl (C=O) groups is 1. The van der Waals surface area contributed by atoms with Gasteiger partial charge in [0, 0.05) is 52.0 Å². The zero-order chi connectivity index (χ0) is 16.8. The smallest absolute Gasteiger partial charge is 0.224 e. The molecule has 0 bridgehead atoms. The highest BCUT2D eigenvalue weighted by Gasteiger charge is 2.39. The van der Waals surface area contributed by atoms with E-state index in [2.05, 4.69) is 17.0 Å². The maximum Gasteiger partial charge on any atom is 0.224 e. The molecule has 1 amide bonds. The minimum Gasteiger partial charge on any atom is -0.347 e. The molecule has 0 aliphatic carbocycles. The van der Waals surface area contributed by atoms with Crippen molar-refractivity contribution in [3.05, 3.63) is 35.9 Å². The number of amides is 1. The highest BCUT2D eigenvalue weighted by atomic mass is 16.7. The fourth-order valence-corrected chi connectivity index (χ4v) is 3.50. The molecule has 2 aliphatic heterocycles. The molecule has 1 aromatic rings. The molecule has 0 unspecified atom stereocenters. The Morgan fingerprint density at radius 1 is 1.17 bits per heavy atom. The summed E-state index contributed by atoms with van der Waals surface area (Å²) >= 11 is 0. The van der Waals surface area contributed by atoms with Crippen LogP contribution in [0.4, 0.5) is 0 Å². The first-order valence-electron chi connectivity index (χ1n) is 9.03. The van der Waals surface area contributed by atoms with E-state index in [1.165, 1.54) is 5.56 Å². The Labute approximate surface area is 144 Å². The number of rotatable bonds is 6. The Hall–Kier alpha value is -1.43. The lowest BCUT2D eigenvalue weighted by Crippen LogP contribution is -2.46. The van der Waals surface area contributed by atoms with Crippen molar-refractivity contribution in [3.8, 4) is 0 Å². The summed E-state index contributed by atoms with van der Waals surface area (Å²) in [7, 11) is 0. The topological polar surface area (TPSA) is 42.0 Å². The van der Waals surface area contributed by atoms with Gasteiger partial charge < -0.3 is 19.3 Å². The Balaban J connectivity index is 1.43. The number of likely N-dealkylation sites (tertiary alicyclic amines) is 1. The van der Waals surface area contributed by atoms with Crippen LogP contribution in [-0.4, -0.2) is 60.9 Å². The van der Waals surface area contributed by atoms with Crippen molar-refractivity contribution in [2.24, 2.45) is 0 Å². The zero-order valence-electron chi connectivity index (χ0n) is 14.6. The van der Waals surface area contributed by atoms with Crippen molar-refractivity contribution >= 4 is 5.91 Å². The van der Waals surface area contributed by atoms with Crippen LogP contribution in [-0.2, 0) is 20.8 Å². The van der Waals surface area contributed by atoms with Crippen LogP contribution in [0.3, 0.4) is 0 Å². The quantitative estimate of drug-likeness (QED) is 0.801. The molecule has 0 aromatic heterocycles. The van der Waals surface area contributed by atoms with Crippen LogP contribution in [0.15, 0.2) is 30.3 Å². The first kappa shape index (κ1) is 17.4. The lowest BCUT2D eigenvalue weighted by molar-refractivity contribution is -0.185. The zero-order valence-corrected chi connectivity index (χ0v) is 14.6. The van der Waals surface area contributed by atoms with Gasteiger partial charge in [-0.05, 0) is 12.5 Å². The van der Waals surface area contributed by atoms with E-state index in [0.29, 0.717) is 26.2 Å². The average molecular weight is 332 g/mol. The van der Waals surface area contributed by atoms with Gasteiger partial charge in [0.2, 0.25) is 5.91 Å². The molecule has 3 rings (SSSR count). The van der Waals surface area contributed by atoms with Crippen molar-refractivity contribution < 1.29 is 14.3 Å². The molecule has 5 heteroatoms. The molecule has 2 aliphatic rings. The van der Waals surface area contributed by atoms with E-state index < -0.39 is 0 Å². The predicted molar refractivity (Wildman–Crippen MR) is 92.5 cm³/mol. The number of carbonyl (C=O) groups excluding carboxylic acids is 1. The third kappa shape index (κ3) is 4.35. The van der Waals surface area contributed by atoms with Crippen molar-refractivity contribution in [3.63, 3.8) is 0 Å². The Bertz CT molecular complexity index is 519. The molecular weight excluding hydrogens is 304 g/mol. The van der Waals surface area contributed by atoms with Gasteiger partial charge in [0.1, 0.15) is 0 Å². The average Bonchev–Trinajstić information content (AvgIpc) is 3.08. The highest BCUT2D eigenvalue weighted by Crippen LogP contribution is 2.31. The van der Waals surface area contributed by atoms with Crippen LogP contribution in [0.1, 0.15) is 31.7 Å². The number of benzene rings is 1. The largest absolute Gasteiger partial charge is 0.347 e. The summed E-state index contributed by atoms with van der Waals surface area (Å²) in [6.07, 6.45) is 2.39. The molecule has 0 atom stereocenters. The van der Waals surface area contributed by atoms with E-state index in [0.717, 1.165) is 39.0 Å². The summed E-state index contributed by atoms with van der Waals surface area (Å²) in [5.74, 6) is -0.0986. The van der Waals surface area contributed by atoms with Gasteiger partial charge in [-0.2, -0.15) is 0 Å². The lowest BCUT2D eigenvalue weighted by atomic mass is 10.0. The molecule has 2 fully saturated rings. The highest BCUT2D eigenvalue weighted by molar-refractivity contribution is 5.76. The van der Waals surface area contributed by atoms with E-state index in [4.69, 9.17) is 9.47 Å². The van der Waals surface area contributed by atoms with Crippen LogP contribution >= 0.6 is 0 Å². The van der Waals surface area contributed by atoms with Gasteiger partial charge in [-0.25, -0.2) is 0 Å². The molecule has 0 N–H and O–H groups in total. The molecule has 0 radical (unpaired) electrons. The SMILES string of the molecule is CCN(Cc1ccccc1)C(=O)CCN1CCC2(CC1)OCCO2. The fraction of sp³-hybridized carbons (Fsp3) is 0.632. The number of ether oxygens (including phenoxy) is 2. The van der Waals surface area contributed by atoms with Crippen LogP contribution in [0.5, 0.6) is 0 Å². The van der Waals surface area contributed by atoms with E-state index in [-0.39, 0.29) is 11.7 Å². The first-order valence-corrected chi connectivity index (χ1v) is 9.03. The number of piperidine rings is 1. The summed E-state index contributed by atoms with van der Waals surface area (Å²) in [5, 5.41) is 0. The van der Waals surface area contributed by atoms with Gasteiger partial charge in [0.25, 0.3) is 0 Å². The molecule has 5 nitrogen and oxygen atoms in total. The summed E-state index contributed by atoms with van der Waals surface area (Å²) in [6.45, 7) is 7.61.